The highest BCUT2D eigenvalue weighted by atomic mass is 35.5. The average Bonchev–Trinajstić information content (AvgIpc) is 2.44. The van der Waals surface area contributed by atoms with Crippen LogP contribution in [0.5, 0.6) is 0 Å². The zero-order valence-corrected chi connectivity index (χ0v) is 12.8. The molecule has 0 heterocycles. The van der Waals surface area contributed by atoms with Crippen molar-refractivity contribution in [2.75, 3.05) is 16.6 Å². The second-order valence-corrected chi connectivity index (χ2v) is 6.38. The van der Waals surface area contributed by atoms with Crippen LogP contribution in [0.3, 0.4) is 0 Å². The first-order valence-corrected chi connectivity index (χ1v) is 8.10. The van der Waals surface area contributed by atoms with E-state index in [1.165, 1.54) is 24.3 Å². The van der Waals surface area contributed by atoms with Crippen LogP contribution in [-0.4, -0.2) is 15.0 Å². The van der Waals surface area contributed by atoms with Crippen molar-refractivity contribution in [3.05, 3.63) is 53.3 Å². The quantitative estimate of drug-likeness (QED) is 0.879. The Labute approximate surface area is 128 Å². The molecule has 0 aliphatic heterocycles. The highest BCUT2D eigenvalue weighted by Gasteiger charge is 2.14. The summed E-state index contributed by atoms with van der Waals surface area (Å²) in [6.07, 6.45) is 0. The van der Waals surface area contributed by atoms with Gasteiger partial charge in [0.2, 0.25) is 0 Å². The summed E-state index contributed by atoms with van der Waals surface area (Å²) in [5.41, 5.74) is 0.946. The predicted molar refractivity (Wildman–Crippen MR) is 82.8 cm³/mol. The van der Waals surface area contributed by atoms with Crippen LogP contribution in [0.25, 0.3) is 0 Å². The van der Waals surface area contributed by atoms with Crippen molar-refractivity contribution < 1.29 is 12.8 Å². The lowest BCUT2D eigenvalue weighted by Gasteiger charge is -2.09. The van der Waals surface area contributed by atoms with Gasteiger partial charge in [-0.15, -0.1) is 0 Å². The van der Waals surface area contributed by atoms with Crippen LogP contribution in [0.2, 0.25) is 5.02 Å². The third kappa shape index (κ3) is 3.86. The summed E-state index contributed by atoms with van der Waals surface area (Å²) >= 11 is 5.56. The number of hydrogen-bond acceptors (Lipinski definition) is 3. The Kier molecular flexibility index (Phi) is 4.69. The molecule has 0 amide bonds. The van der Waals surface area contributed by atoms with Gasteiger partial charge in [0.25, 0.3) is 10.0 Å². The molecule has 2 aromatic carbocycles. The molecule has 0 atom stereocenters. The van der Waals surface area contributed by atoms with Crippen molar-refractivity contribution >= 4 is 33.0 Å². The lowest BCUT2D eigenvalue weighted by Crippen LogP contribution is -2.13. The van der Waals surface area contributed by atoms with E-state index in [2.05, 4.69) is 10.0 Å². The van der Waals surface area contributed by atoms with Gasteiger partial charge in [-0.05, 0) is 49.4 Å². The van der Waals surface area contributed by atoms with Crippen molar-refractivity contribution in [3.8, 4) is 0 Å². The van der Waals surface area contributed by atoms with Gasteiger partial charge < -0.3 is 5.32 Å². The van der Waals surface area contributed by atoms with Crippen molar-refractivity contribution in [1.82, 2.24) is 0 Å². The van der Waals surface area contributed by atoms with Crippen molar-refractivity contribution in [2.45, 2.75) is 11.8 Å². The van der Waals surface area contributed by atoms with E-state index in [0.717, 1.165) is 18.3 Å². The Morgan fingerprint density at radius 1 is 1.10 bits per heavy atom. The number of benzene rings is 2. The molecular formula is C14H14ClFN2O2S. The van der Waals surface area contributed by atoms with Crippen molar-refractivity contribution in [1.29, 1.82) is 0 Å². The van der Waals surface area contributed by atoms with E-state index in [0.29, 0.717) is 0 Å². The third-order valence-corrected chi connectivity index (χ3v) is 4.42. The number of sulfonamides is 1. The van der Waals surface area contributed by atoms with Gasteiger partial charge in [-0.2, -0.15) is 0 Å². The lowest BCUT2D eigenvalue weighted by molar-refractivity contribution is 0.601. The zero-order valence-electron chi connectivity index (χ0n) is 11.2. The van der Waals surface area contributed by atoms with E-state index in [9.17, 15) is 12.8 Å². The van der Waals surface area contributed by atoms with E-state index in [-0.39, 0.29) is 15.6 Å². The Morgan fingerprint density at radius 3 is 2.29 bits per heavy atom. The molecule has 2 N–H and O–H groups in total. The first-order valence-electron chi connectivity index (χ1n) is 6.24. The lowest BCUT2D eigenvalue weighted by atomic mass is 10.3. The Bertz CT molecular complexity index is 733. The van der Waals surface area contributed by atoms with Crippen LogP contribution in [0.15, 0.2) is 47.4 Å². The van der Waals surface area contributed by atoms with Gasteiger partial charge >= 0.3 is 0 Å². The maximum absolute atomic E-state index is 13.3. The van der Waals surface area contributed by atoms with E-state index >= 15 is 0 Å². The molecule has 0 aliphatic rings. The molecule has 0 fully saturated rings. The van der Waals surface area contributed by atoms with Crippen LogP contribution >= 0.6 is 11.6 Å². The Balaban J connectivity index is 2.23. The smallest absolute Gasteiger partial charge is 0.261 e. The monoisotopic (exact) mass is 328 g/mol. The summed E-state index contributed by atoms with van der Waals surface area (Å²) in [6, 6.07) is 10.0. The minimum Gasteiger partial charge on any atom is -0.385 e. The highest BCUT2D eigenvalue weighted by Crippen LogP contribution is 2.22. The van der Waals surface area contributed by atoms with Crippen LogP contribution in [0.4, 0.5) is 15.8 Å². The minimum absolute atomic E-state index is 0.0621. The molecule has 0 aliphatic carbocycles. The van der Waals surface area contributed by atoms with Gasteiger partial charge in [0.05, 0.1) is 15.6 Å². The van der Waals surface area contributed by atoms with Gasteiger partial charge in [0.15, 0.2) is 0 Å². The highest BCUT2D eigenvalue weighted by molar-refractivity contribution is 7.92. The van der Waals surface area contributed by atoms with Crippen LogP contribution in [-0.2, 0) is 10.0 Å². The van der Waals surface area contributed by atoms with Crippen LogP contribution in [0.1, 0.15) is 6.92 Å². The molecule has 0 radical (unpaired) electrons. The number of halogens is 2. The van der Waals surface area contributed by atoms with Gasteiger partial charge in [-0.3, -0.25) is 4.72 Å². The van der Waals surface area contributed by atoms with Crippen molar-refractivity contribution in [3.63, 3.8) is 0 Å². The molecule has 112 valence electrons. The van der Waals surface area contributed by atoms with Gasteiger partial charge in [-0.25, -0.2) is 12.8 Å². The molecule has 0 spiro atoms. The number of nitrogens with one attached hydrogen (secondary N) is 2. The molecule has 2 rings (SSSR count). The summed E-state index contributed by atoms with van der Waals surface area (Å²) in [4.78, 5) is 0.0968. The van der Waals surface area contributed by atoms with E-state index in [1.807, 2.05) is 6.92 Å². The number of rotatable bonds is 5. The normalized spacial score (nSPS) is 11.2. The number of hydrogen-bond donors (Lipinski definition) is 2. The van der Waals surface area contributed by atoms with Gasteiger partial charge in [0, 0.05) is 12.2 Å². The molecule has 0 saturated heterocycles. The molecule has 0 saturated carbocycles. The molecule has 0 bridgehead atoms. The average molecular weight is 329 g/mol. The topological polar surface area (TPSA) is 58.2 Å². The summed E-state index contributed by atoms with van der Waals surface area (Å²) in [6.45, 7) is 2.69. The first-order chi connectivity index (χ1) is 9.92. The summed E-state index contributed by atoms with van der Waals surface area (Å²) in [7, 11) is -3.76. The number of anilines is 2. The zero-order chi connectivity index (χ0) is 15.5. The van der Waals surface area contributed by atoms with Gasteiger partial charge in [-0.1, -0.05) is 11.6 Å². The molecule has 21 heavy (non-hydrogen) atoms. The standard InChI is InChI=1S/C14H14ClFN2O2S/c1-2-17-10-3-6-12(7-4-10)21(19,20)18-11-5-8-13(15)14(16)9-11/h3-9,17-18H,2H2,1H3. The van der Waals surface area contributed by atoms with Crippen LogP contribution in [0, 0.1) is 5.82 Å². The fraction of sp³-hybridized carbons (Fsp3) is 0.143. The second-order valence-electron chi connectivity index (χ2n) is 4.29. The molecule has 4 nitrogen and oxygen atoms in total. The fourth-order valence-electron chi connectivity index (χ4n) is 1.73. The van der Waals surface area contributed by atoms with E-state index < -0.39 is 15.8 Å². The molecule has 0 unspecified atom stereocenters. The molecule has 0 aromatic heterocycles. The summed E-state index contributed by atoms with van der Waals surface area (Å²) < 4.78 is 40.0. The SMILES string of the molecule is CCNc1ccc(S(=O)(=O)Nc2ccc(Cl)c(F)c2)cc1. The van der Waals surface area contributed by atoms with E-state index in [4.69, 9.17) is 11.6 Å². The first kappa shape index (κ1) is 15.6. The fourth-order valence-corrected chi connectivity index (χ4v) is 2.90. The molecular weight excluding hydrogens is 315 g/mol. The molecule has 2 aromatic rings. The Hall–Kier alpha value is -1.79. The summed E-state index contributed by atoms with van der Waals surface area (Å²) in [5.74, 6) is -0.681. The Morgan fingerprint density at radius 2 is 1.71 bits per heavy atom. The maximum atomic E-state index is 13.3. The summed E-state index contributed by atoms with van der Waals surface area (Å²) in [5, 5.41) is 3.01. The van der Waals surface area contributed by atoms with Crippen molar-refractivity contribution in [2.24, 2.45) is 0 Å². The van der Waals surface area contributed by atoms with Gasteiger partial charge in [0.1, 0.15) is 5.82 Å². The maximum Gasteiger partial charge on any atom is 0.261 e. The largest absolute Gasteiger partial charge is 0.385 e. The minimum atomic E-state index is -3.76. The third-order valence-electron chi connectivity index (χ3n) is 2.72. The molecule has 7 heteroatoms. The van der Waals surface area contributed by atoms with E-state index in [1.54, 1.807) is 12.1 Å². The second kappa shape index (κ2) is 6.32. The van der Waals surface area contributed by atoms with Crippen LogP contribution < -0.4 is 10.0 Å². The predicted octanol–water partition coefficient (Wildman–Crippen LogP) is 3.71.